The zero-order valence-corrected chi connectivity index (χ0v) is 9.89. The summed E-state index contributed by atoms with van der Waals surface area (Å²) in [4.78, 5) is 5.84. The normalized spacial score (nSPS) is 31.0. The van der Waals surface area contributed by atoms with Gasteiger partial charge in [0.25, 0.3) is 0 Å². The van der Waals surface area contributed by atoms with Gasteiger partial charge in [0.15, 0.2) is 4.77 Å². The summed E-state index contributed by atoms with van der Waals surface area (Å²) in [5.41, 5.74) is 1.18. The third-order valence-electron chi connectivity index (χ3n) is 3.80. The van der Waals surface area contributed by atoms with Crippen molar-refractivity contribution in [1.29, 1.82) is 0 Å². The Labute approximate surface area is 95.1 Å². The second-order valence-corrected chi connectivity index (χ2v) is 5.14. The molecule has 0 aromatic carbocycles. The number of hydrogen-bond acceptors (Lipinski definition) is 2. The number of hydrogen-bond donors (Lipinski definition) is 1. The van der Waals surface area contributed by atoms with Crippen LogP contribution < -0.4 is 0 Å². The molecule has 1 aromatic heterocycles. The first-order valence-corrected chi connectivity index (χ1v) is 6.18. The van der Waals surface area contributed by atoms with Crippen molar-refractivity contribution >= 4 is 12.2 Å². The lowest BCUT2D eigenvalue weighted by molar-refractivity contribution is 0.289. The molecule has 0 spiro atoms. The molecular formula is C11H17N3S. The summed E-state index contributed by atoms with van der Waals surface area (Å²) in [6.07, 6.45) is 6.14. The van der Waals surface area contributed by atoms with Gasteiger partial charge in [-0.15, -0.1) is 0 Å². The minimum atomic E-state index is 0.616. The summed E-state index contributed by atoms with van der Waals surface area (Å²) < 4.78 is 3.17. The Balaban J connectivity index is 1.94. The first-order chi connectivity index (χ1) is 7.25. The summed E-state index contributed by atoms with van der Waals surface area (Å²) in [6, 6.07) is 1.36. The molecule has 3 rings (SSSR count). The van der Waals surface area contributed by atoms with E-state index in [2.05, 4.69) is 27.6 Å². The molecule has 2 unspecified atom stereocenters. The van der Waals surface area contributed by atoms with Crippen LogP contribution in [-0.4, -0.2) is 33.6 Å². The molecule has 0 bridgehead atoms. The van der Waals surface area contributed by atoms with Crippen molar-refractivity contribution in [1.82, 2.24) is 14.5 Å². The molecule has 2 saturated heterocycles. The maximum absolute atomic E-state index is 5.36. The van der Waals surface area contributed by atoms with Gasteiger partial charge >= 0.3 is 0 Å². The van der Waals surface area contributed by atoms with Crippen molar-refractivity contribution in [2.24, 2.45) is 0 Å². The first kappa shape index (κ1) is 9.60. The van der Waals surface area contributed by atoms with Crippen LogP contribution in [0.5, 0.6) is 0 Å². The minimum Gasteiger partial charge on any atom is -0.335 e. The third kappa shape index (κ3) is 1.47. The lowest BCUT2D eigenvalue weighted by Gasteiger charge is -2.21. The lowest BCUT2D eigenvalue weighted by atomic mass is 10.1. The molecule has 15 heavy (non-hydrogen) atoms. The lowest BCUT2D eigenvalue weighted by Crippen LogP contribution is -2.27. The van der Waals surface area contributed by atoms with E-state index < -0.39 is 0 Å². The monoisotopic (exact) mass is 223 g/mol. The summed E-state index contributed by atoms with van der Waals surface area (Å²) in [7, 11) is 0. The van der Waals surface area contributed by atoms with E-state index in [4.69, 9.17) is 12.2 Å². The molecule has 0 radical (unpaired) electrons. The SMILES string of the molecule is Cc1cn(C2CCN3CCCC23)c(=S)[nH]1. The van der Waals surface area contributed by atoms with Crippen LogP contribution in [0.25, 0.3) is 0 Å². The molecule has 0 aliphatic carbocycles. The maximum atomic E-state index is 5.36. The molecule has 0 saturated carbocycles. The van der Waals surface area contributed by atoms with E-state index in [1.54, 1.807) is 0 Å². The number of aryl methyl sites for hydroxylation is 1. The molecule has 3 nitrogen and oxygen atoms in total. The number of H-pyrrole nitrogens is 1. The van der Waals surface area contributed by atoms with Crippen LogP contribution in [0.3, 0.4) is 0 Å². The average Bonchev–Trinajstić information content (AvgIpc) is 2.80. The molecule has 0 amide bonds. The van der Waals surface area contributed by atoms with Crippen molar-refractivity contribution in [3.63, 3.8) is 0 Å². The Kier molecular flexibility index (Phi) is 2.21. The van der Waals surface area contributed by atoms with Gasteiger partial charge in [-0.2, -0.15) is 0 Å². The quantitative estimate of drug-likeness (QED) is 0.738. The molecule has 1 aromatic rings. The highest BCUT2D eigenvalue weighted by molar-refractivity contribution is 7.71. The Morgan fingerprint density at radius 1 is 1.33 bits per heavy atom. The van der Waals surface area contributed by atoms with E-state index in [0.717, 1.165) is 10.8 Å². The Hall–Kier alpha value is -0.610. The highest BCUT2D eigenvalue weighted by atomic mass is 32.1. The van der Waals surface area contributed by atoms with Crippen LogP contribution in [0.4, 0.5) is 0 Å². The number of aromatic nitrogens is 2. The van der Waals surface area contributed by atoms with E-state index >= 15 is 0 Å². The summed E-state index contributed by atoms with van der Waals surface area (Å²) in [5, 5.41) is 0. The van der Waals surface area contributed by atoms with Crippen LogP contribution in [0.2, 0.25) is 0 Å². The van der Waals surface area contributed by atoms with Gasteiger partial charge in [-0.05, 0) is 44.9 Å². The van der Waals surface area contributed by atoms with Gasteiger partial charge in [0.05, 0.1) is 6.04 Å². The van der Waals surface area contributed by atoms with E-state index in [1.807, 2.05) is 0 Å². The molecule has 4 heteroatoms. The number of nitrogens with zero attached hydrogens (tertiary/aromatic N) is 2. The fourth-order valence-electron chi connectivity index (χ4n) is 3.16. The van der Waals surface area contributed by atoms with Crippen molar-refractivity contribution in [2.45, 2.75) is 38.3 Å². The topological polar surface area (TPSA) is 24.0 Å². The predicted octanol–water partition coefficient (Wildman–Crippen LogP) is 2.26. The molecule has 82 valence electrons. The smallest absolute Gasteiger partial charge is 0.177 e. The van der Waals surface area contributed by atoms with E-state index in [-0.39, 0.29) is 0 Å². The zero-order valence-electron chi connectivity index (χ0n) is 9.07. The van der Waals surface area contributed by atoms with E-state index in [0.29, 0.717) is 6.04 Å². The van der Waals surface area contributed by atoms with Crippen LogP contribution in [0, 0.1) is 11.7 Å². The van der Waals surface area contributed by atoms with E-state index in [9.17, 15) is 0 Å². The van der Waals surface area contributed by atoms with Gasteiger partial charge in [-0.1, -0.05) is 0 Å². The van der Waals surface area contributed by atoms with Gasteiger partial charge < -0.3 is 9.55 Å². The van der Waals surface area contributed by atoms with Gasteiger partial charge in [-0.25, -0.2) is 0 Å². The zero-order chi connectivity index (χ0) is 10.4. The fraction of sp³-hybridized carbons (Fsp3) is 0.727. The molecule has 1 N–H and O–H groups in total. The Bertz CT molecular complexity index is 420. The van der Waals surface area contributed by atoms with Gasteiger partial charge in [-0.3, -0.25) is 4.90 Å². The number of nitrogens with one attached hydrogen (secondary N) is 1. The molecule has 2 fully saturated rings. The average molecular weight is 223 g/mol. The Morgan fingerprint density at radius 2 is 2.20 bits per heavy atom. The van der Waals surface area contributed by atoms with E-state index in [1.165, 1.54) is 38.0 Å². The minimum absolute atomic E-state index is 0.616. The summed E-state index contributed by atoms with van der Waals surface area (Å²) >= 11 is 5.36. The van der Waals surface area contributed by atoms with Gasteiger partial charge in [0.2, 0.25) is 0 Å². The first-order valence-electron chi connectivity index (χ1n) is 5.77. The fourth-order valence-corrected chi connectivity index (χ4v) is 3.51. The third-order valence-corrected chi connectivity index (χ3v) is 4.11. The number of imidazole rings is 1. The van der Waals surface area contributed by atoms with Crippen molar-refractivity contribution < 1.29 is 0 Å². The molecule has 2 aliphatic rings. The second-order valence-electron chi connectivity index (χ2n) is 4.75. The summed E-state index contributed by atoms with van der Waals surface area (Å²) in [5.74, 6) is 0. The van der Waals surface area contributed by atoms with Crippen molar-refractivity contribution in [3.05, 3.63) is 16.7 Å². The molecule has 3 heterocycles. The molecule has 2 atom stereocenters. The standard InChI is InChI=1S/C11H17N3S/c1-8-7-14(11(15)12-8)10-4-6-13-5-2-3-9(10)13/h7,9-10H,2-6H2,1H3,(H,12,15). The predicted molar refractivity (Wildman–Crippen MR) is 62.6 cm³/mol. The van der Waals surface area contributed by atoms with Crippen LogP contribution >= 0.6 is 12.2 Å². The maximum Gasteiger partial charge on any atom is 0.177 e. The summed E-state index contributed by atoms with van der Waals surface area (Å²) in [6.45, 7) is 4.62. The van der Waals surface area contributed by atoms with Crippen LogP contribution in [0.1, 0.15) is 31.0 Å². The number of fused-ring (bicyclic) bond motifs is 1. The van der Waals surface area contributed by atoms with Crippen LogP contribution in [0.15, 0.2) is 6.20 Å². The number of rotatable bonds is 1. The van der Waals surface area contributed by atoms with Gasteiger partial charge in [0.1, 0.15) is 0 Å². The highest BCUT2D eigenvalue weighted by Gasteiger charge is 2.38. The van der Waals surface area contributed by atoms with Gasteiger partial charge in [0, 0.05) is 24.5 Å². The van der Waals surface area contributed by atoms with Crippen LogP contribution in [-0.2, 0) is 0 Å². The molecular weight excluding hydrogens is 206 g/mol. The molecule has 2 aliphatic heterocycles. The van der Waals surface area contributed by atoms with Crippen molar-refractivity contribution in [3.8, 4) is 0 Å². The highest BCUT2D eigenvalue weighted by Crippen LogP contribution is 2.36. The second kappa shape index (κ2) is 3.46. The largest absolute Gasteiger partial charge is 0.335 e. The number of aromatic amines is 1. The Morgan fingerprint density at radius 3 is 2.93 bits per heavy atom. The van der Waals surface area contributed by atoms with Crippen molar-refractivity contribution in [2.75, 3.05) is 13.1 Å².